The van der Waals surface area contributed by atoms with Crippen molar-refractivity contribution in [2.45, 2.75) is 39.5 Å². The number of rotatable bonds is 6. The third-order valence-electron chi connectivity index (χ3n) is 2.67. The monoisotopic (exact) mass is 249 g/mol. The number of anilines is 1. The standard InChI is InChI=1S/C13H19N3S/c1-3-5-6-11-15-12(14-8-4-2)10-7-9-17-13(10)16-11/h7,9H,3-6,8H2,1-2H3,(H,14,15,16). The number of fused-ring (bicyclic) bond motifs is 1. The van der Waals surface area contributed by atoms with E-state index in [9.17, 15) is 0 Å². The zero-order chi connectivity index (χ0) is 12.1. The summed E-state index contributed by atoms with van der Waals surface area (Å²) in [7, 11) is 0. The molecule has 0 aliphatic rings. The van der Waals surface area contributed by atoms with Crippen LogP contribution in [0.25, 0.3) is 10.2 Å². The summed E-state index contributed by atoms with van der Waals surface area (Å²) in [6, 6.07) is 2.10. The third-order valence-corrected chi connectivity index (χ3v) is 3.47. The number of nitrogens with zero attached hydrogens (tertiary/aromatic N) is 2. The van der Waals surface area contributed by atoms with Gasteiger partial charge in [0, 0.05) is 13.0 Å². The van der Waals surface area contributed by atoms with Gasteiger partial charge in [0.2, 0.25) is 0 Å². The highest BCUT2D eigenvalue weighted by Crippen LogP contribution is 2.25. The van der Waals surface area contributed by atoms with E-state index in [0.29, 0.717) is 0 Å². The smallest absolute Gasteiger partial charge is 0.138 e. The van der Waals surface area contributed by atoms with E-state index >= 15 is 0 Å². The minimum absolute atomic E-state index is 0.967. The normalized spacial score (nSPS) is 10.9. The lowest BCUT2D eigenvalue weighted by Gasteiger charge is -2.07. The van der Waals surface area contributed by atoms with Gasteiger partial charge in [0.05, 0.1) is 5.39 Å². The average Bonchev–Trinajstić information content (AvgIpc) is 2.81. The molecule has 0 bridgehead atoms. The minimum atomic E-state index is 0.967. The SMILES string of the molecule is CCCCc1nc(NCCC)c2ccsc2n1. The molecule has 2 aromatic heterocycles. The summed E-state index contributed by atoms with van der Waals surface area (Å²) < 4.78 is 0. The fraction of sp³-hybridized carbons (Fsp3) is 0.538. The van der Waals surface area contributed by atoms with Crippen LogP contribution in [0.4, 0.5) is 5.82 Å². The largest absolute Gasteiger partial charge is 0.369 e. The molecule has 0 atom stereocenters. The van der Waals surface area contributed by atoms with Crippen LogP contribution >= 0.6 is 11.3 Å². The molecule has 0 saturated carbocycles. The zero-order valence-corrected chi connectivity index (χ0v) is 11.3. The van der Waals surface area contributed by atoms with Crippen LogP contribution in [0.5, 0.6) is 0 Å². The van der Waals surface area contributed by atoms with Crippen LogP contribution in [-0.4, -0.2) is 16.5 Å². The van der Waals surface area contributed by atoms with Gasteiger partial charge < -0.3 is 5.32 Å². The summed E-state index contributed by atoms with van der Waals surface area (Å²) in [5.41, 5.74) is 0. The van der Waals surface area contributed by atoms with Crippen molar-refractivity contribution in [1.82, 2.24) is 9.97 Å². The molecule has 2 rings (SSSR count). The molecule has 0 saturated heterocycles. The number of aryl methyl sites for hydroxylation is 1. The van der Waals surface area contributed by atoms with Crippen LogP contribution < -0.4 is 5.32 Å². The Morgan fingerprint density at radius 1 is 1.24 bits per heavy atom. The Kier molecular flexibility index (Phi) is 4.31. The van der Waals surface area contributed by atoms with E-state index in [2.05, 4.69) is 40.6 Å². The van der Waals surface area contributed by atoms with Crippen molar-refractivity contribution in [3.63, 3.8) is 0 Å². The summed E-state index contributed by atoms with van der Waals surface area (Å²) >= 11 is 1.69. The first-order chi connectivity index (χ1) is 8.35. The van der Waals surface area contributed by atoms with E-state index < -0.39 is 0 Å². The number of hydrogen-bond acceptors (Lipinski definition) is 4. The lowest BCUT2D eigenvalue weighted by molar-refractivity contribution is 0.757. The van der Waals surface area contributed by atoms with Crippen molar-refractivity contribution in [2.75, 3.05) is 11.9 Å². The summed E-state index contributed by atoms with van der Waals surface area (Å²) in [5.74, 6) is 1.98. The van der Waals surface area contributed by atoms with E-state index in [4.69, 9.17) is 0 Å². The Bertz CT molecular complexity index is 478. The first kappa shape index (κ1) is 12.3. The molecule has 0 amide bonds. The zero-order valence-electron chi connectivity index (χ0n) is 10.5. The van der Waals surface area contributed by atoms with Crippen LogP contribution in [0.3, 0.4) is 0 Å². The fourth-order valence-corrected chi connectivity index (χ4v) is 2.51. The Morgan fingerprint density at radius 3 is 2.88 bits per heavy atom. The van der Waals surface area contributed by atoms with Crippen molar-refractivity contribution in [2.24, 2.45) is 0 Å². The number of aromatic nitrogens is 2. The highest BCUT2D eigenvalue weighted by Gasteiger charge is 2.07. The van der Waals surface area contributed by atoms with E-state index in [1.54, 1.807) is 11.3 Å². The van der Waals surface area contributed by atoms with E-state index in [1.807, 2.05) is 0 Å². The topological polar surface area (TPSA) is 37.8 Å². The molecule has 2 aromatic rings. The van der Waals surface area contributed by atoms with Gasteiger partial charge >= 0.3 is 0 Å². The van der Waals surface area contributed by atoms with Crippen molar-refractivity contribution < 1.29 is 0 Å². The second-order valence-electron chi connectivity index (χ2n) is 4.16. The summed E-state index contributed by atoms with van der Waals surface area (Å²) in [6.45, 7) is 5.33. The molecular formula is C13H19N3S. The Balaban J connectivity index is 2.29. The van der Waals surface area contributed by atoms with Gasteiger partial charge in [0.1, 0.15) is 16.5 Å². The molecule has 1 N–H and O–H groups in total. The van der Waals surface area contributed by atoms with Crippen LogP contribution in [0.1, 0.15) is 38.9 Å². The lowest BCUT2D eigenvalue weighted by Crippen LogP contribution is -2.05. The highest BCUT2D eigenvalue weighted by molar-refractivity contribution is 7.16. The molecule has 92 valence electrons. The molecule has 0 fully saturated rings. The highest BCUT2D eigenvalue weighted by atomic mass is 32.1. The maximum atomic E-state index is 4.63. The first-order valence-electron chi connectivity index (χ1n) is 6.33. The molecule has 0 aromatic carbocycles. The van der Waals surface area contributed by atoms with Gasteiger partial charge in [-0.05, 0) is 24.3 Å². The van der Waals surface area contributed by atoms with Gasteiger partial charge in [-0.15, -0.1) is 11.3 Å². The Labute approximate surface area is 106 Å². The summed E-state index contributed by atoms with van der Waals surface area (Å²) in [6.07, 6.45) is 4.43. The lowest BCUT2D eigenvalue weighted by atomic mass is 10.2. The number of unbranched alkanes of at least 4 members (excludes halogenated alkanes) is 1. The van der Waals surface area contributed by atoms with Gasteiger partial charge in [0.15, 0.2) is 0 Å². The first-order valence-corrected chi connectivity index (χ1v) is 7.21. The van der Waals surface area contributed by atoms with Crippen molar-refractivity contribution in [3.8, 4) is 0 Å². The molecule has 17 heavy (non-hydrogen) atoms. The van der Waals surface area contributed by atoms with Crippen LogP contribution in [0.15, 0.2) is 11.4 Å². The van der Waals surface area contributed by atoms with Gasteiger partial charge in [-0.25, -0.2) is 9.97 Å². The van der Waals surface area contributed by atoms with Gasteiger partial charge in [-0.2, -0.15) is 0 Å². The van der Waals surface area contributed by atoms with Crippen LogP contribution in [0.2, 0.25) is 0 Å². The maximum absolute atomic E-state index is 4.63. The van der Waals surface area contributed by atoms with Crippen LogP contribution in [0, 0.1) is 0 Å². The van der Waals surface area contributed by atoms with Gasteiger partial charge in [-0.3, -0.25) is 0 Å². The summed E-state index contributed by atoms with van der Waals surface area (Å²) in [5, 5.41) is 6.64. The molecule has 2 heterocycles. The van der Waals surface area contributed by atoms with E-state index in [1.165, 1.54) is 6.42 Å². The number of nitrogens with one attached hydrogen (secondary N) is 1. The molecule has 3 nitrogen and oxygen atoms in total. The predicted molar refractivity (Wildman–Crippen MR) is 74.8 cm³/mol. The molecule has 0 unspecified atom stereocenters. The molecule has 0 spiro atoms. The minimum Gasteiger partial charge on any atom is -0.369 e. The molecule has 0 aliphatic heterocycles. The average molecular weight is 249 g/mol. The van der Waals surface area contributed by atoms with Crippen LogP contribution in [-0.2, 0) is 6.42 Å². The third kappa shape index (κ3) is 2.94. The number of thiophene rings is 1. The Morgan fingerprint density at radius 2 is 2.12 bits per heavy atom. The second kappa shape index (κ2) is 5.96. The quantitative estimate of drug-likeness (QED) is 0.845. The molecule has 4 heteroatoms. The Hall–Kier alpha value is -1.16. The van der Waals surface area contributed by atoms with Gasteiger partial charge in [-0.1, -0.05) is 20.3 Å². The van der Waals surface area contributed by atoms with E-state index in [0.717, 1.165) is 47.7 Å². The van der Waals surface area contributed by atoms with Crippen molar-refractivity contribution in [1.29, 1.82) is 0 Å². The van der Waals surface area contributed by atoms with Crippen molar-refractivity contribution in [3.05, 3.63) is 17.3 Å². The number of hydrogen-bond donors (Lipinski definition) is 1. The van der Waals surface area contributed by atoms with Crippen molar-refractivity contribution >= 4 is 27.4 Å². The molecule has 0 aliphatic carbocycles. The maximum Gasteiger partial charge on any atom is 0.138 e. The van der Waals surface area contributed by atoms with E-state index in [-0.39, 0.29) is 0 Å². The summed E-state index contributed by atoms with van der Waals surface area (Å²) in [4.78, 5) is 10.3. The second-order valence-corrected chi connectivity index (χ2v) is 5.05. The van der Waals surface area contributed by atoms with Gasteiger partial charge in [0.25, 0.3) is 0 Å². The predicted octanol–water partition coefficient (Wildman–Crippen LogP) is 3.86. The fourth-order valence-electron chi connectivity index (χ4n) is 1.72. The molecule has 0 radical (unpaired) electrons. The molecular weight excluding hydrogens is 230 g/mol.